The predicted molar refractivity (Wildman–Crippen MR) is 88.2 cm³/mol. The van der Waals surface area contributed by atoms with Crippen LogP contribution in [0, 0.1) is 0 Å². The number of fused-ring (bicyclic) bond motifs is 1. The summed E-state index contributed by atoms with van der Waals surface area (Å²) in [5.74, 6) is 1.57. The van der Waals surface area contributed by atoms with E-state index in [0.717, 1.165) is 11.3 Å². The Morgan fingerprint density at radius 1 is 1.10 bits per heavy atom. The van der Waals surface area contributed by atoms with Gasteiger partial charge in [0.1, 0.15) is 5.82 Å². The van der Waals surface area contributed by atoms with Gasteiger partial charge in [0.05, 0.1) is 5.69 Å². The van der Waals surface area contributed by atoms with Crippen molar-refractivity contribution < 1.29 is 0 Å². The van der Waals surface area contributed by atoms with E-state index in [9.17, 15) is 0 Å². The molecule has 0 saturated carbocycles. The summed E-state index contributed by atoms with van der Waals surface area (Å²) in [6.07, 6.45) is 1.87. The number of benzene rings is 1. The van der Waals surface area contributed by atoms with Crippen LogP contribution in [-0.2, 0) is 5.41 Å². The molecule has 0 unspecified atom stereocenters. The highest BCUT2D eigenvalue weighted by atomic mass is 15.3. The van der Waals surface area contributed by atoms with E-state index >= 15 is 0 Å². The molecule has 0 atom stereocenters. The molecule has 0 bridgehead atoms. The Morgan fingerprint density at radius 2 is 1.86 bits per heavy atom. The second-order valence-electron chi connectivity index (χ2n) is 7.03. The molecule has 0 aliphatic heterocycles. The fourth-order valence-corrected chi connectivity index (χ4v) is 2.67. The number of rotatable bonds is 2. The van der Waals surface area contributed by atoms with Gasteiger partial charge in [-0.25, -0.2) is 4.68 Å². The minimum atomic E-state index is 0.0664. The highest BCUT2D eigenvalue weighted by Crippen LogP contribution is 2.27. The van der Waals surface area contributed by atoms with E-state index < -0.39 is 0 Å². The van der Waals surface area contributed by atoms with Crippen molar-refractivity contribution in [3.8, 4) is 5.82 Å². The van der Waals surface area contributed by atoms with Crippen LogP contribution in [0.25, 0.3) is 16.7 Å². The van der Waals surface area contributed by atoms with E-state index in [1.165, 1.54) is 16.6 Å². The maximum atomic E-state index is 4.49. The molecule has 110 valence electrons. The largest absolute Gasteiger partial charge is 0.340 e. The van der Waals surface area contributed by atoms with Gasteiger partial charge in [-0.05, 0) is 35.7 Å². The number of hydrogen-bond donors (Lipinski definition) is 1. The first kappa shape index (κ1) is 13.9. The molecule has 2 aromatic heterocycles. The van der Waals surface area contributed by atoms with Gasteiger partial charge in [-0.1, -0.05) is 40.7 Å². The van der Waals surface area contributed by atoms with E-state index in [4.69, 9.17) is 0 Å². The summed E-state index contributed by atoms with van der Waals surface area (Å²) in [6.45, 7) is 11.1. The molecule has 21 heavy (non-hydrogen) atoms. The standard InChI is InChI=1S/C18H23N3/c1-12(2)13-6-7-15-14(10-13)11-17(20-15)21-16(8-9-19-21)18(3,4)5/h6-12,20H,1-5H3. The van der Waals surface area contributed by atoms with Gasteiger partial charge in [0.2, 0.25) is 0 Å². The van der Waals surface area contributed by atoms with E-state index in [-0.39, 0.29) is 5.41 Å². The SMILES string of the molecule is CC(C)c1ccc2[nH]c(-n3nccc3C(C)(C)C)cc2c1. The topological polar surface area (TPSA) is 33.6 Å². The van der Waals surface area contributed by atoms with Gasteiger partial charge >= 0.3 is 0 Å². The molecule has 0 spiro atoms. The smallest absolute Gasteiger partial charge is 0.132 e. The molecule has 1 N–H and O–H groups in total. The van der Waals surface area contributed by atoms with Crippen LogP contribution in [0.2, 0.25) is 0 Å². The molecule has 3 heteroatoms. The number of nitrogens with one attached hydrogen (secondary N) is 1. The highest BCUT2D eigenvalue weighted by Gasteiger charge is 2.20. The molecular weight excluding hydrogens is 258 g/mol. The van der Waals surface area contributed by atoms with Crippen LogP contribution in [0.5, 0.6) is 0 Å². The summed E-state index contributed by atoms with van der Waals surface area (Å²) in [5.41, 5.74) is 3.80. The lowest BCUT2D eigenvalue weighted by atomic mass is 9.92. The second kappa shape index (κ2) is 4.76. The number of nitrogens with zero attached hydrogens (tertiary/aromatic N) is 2. The maximum Gasteiger partial charge on any atom is 0.132 e. The minimum Gasteiger partial charge on any atom is -0.340 e. The summed E-state index contributed by atoms with van der Waals surface area (Å²) in [7, 11) is 0. The van der Waals surface area contributed by atoms with Crippen molar-refractivity contribution in [3.05, 3.63) is 47.8 Å². The van der Waals surface area contributed by atoms with Gasteiger partial charge in [0, 0.05) is 22.5 Å². The van der Waals surface area contributed by atoms with Gasteiger partial charge in [0.25, 0.3) is 0 Å². The Hall–Kier alpha value is -2.03. The van der Waals surface area contributed by atoms with Crippen LogP contribution >= 0.6 is 0 Å². The van der Waals surface area contributed by atoms with Crippen LogP contribution in [-0.4, -0.2) is 14.8 Å². The van der Waals surface area contributed by atoms with Crippen LogP contribution in [0.1, 0.15) is 51.8 Å². The van der Waals surface area contributed by atoms with Crippen LogP contribution in [0.3, 0.4) is 0 Å². The normalized spacial score (nSPS) is 12.5. The zero-order valence-electron chi connectivity index (χ0n) is 13.4. The summed E-state index contributed by atoms with van der Waals surface area (Å²) < 4.78 is 2.01. The van der Waals surface area contributed by atoms with Crippen LogP contribution in [0.4, 0.5) is 0 Å². The van der Waals surface area contributed by atoms with Gasteiger partial charge < -0.3 is 4.98 Å². The van der Waals surface area contributed by atoms with Crippen molar-refractivity contribution in [1.29, 1.82) is 0 Å². The molecule has 0 radical (unpaired) electrons. The average Bonchev–Trinajstić information content (AvgIpc) is 3.03. The quantitative estimate of drug-likeness (QED) is 0.721. The lowest BCUT2D eigenvalue weighted by Crippen LogP contribution is -2.17. The zero-order valence-corrected chi connectivity index (χ0v) is 13.4. The van der Waals surface area contributed by atoms with Gasteiger partial charge in [0.15, 0.2) is 0 Å². The van der Waals surface area contributed by atoms with Crippen molar-refractivity contribution in [2.24, 2.45) is 0 Å². The zero-order chi connectivity index (χ0) is 15.2. The molecule has 0 amide bonds. The van der Waals surface area contributed by atoms with Crippen molar-refractivity contribution in [2.45, 2.75) is 46.0 Å². The molecule has 3 rings (SSSR count). The van der Waals surface area contributed by atoms with E-state index in [2.05, 4.69) is 75.0 Å². The predicted octanol–water partition coefficient (Wildman–Crippen LogP) is 4.77. The summed E-state index contributed by atoms with van der Waals surface area (Å²) >= 11 is 0. The van der Waals surface area contributed by atoms with Crippen LogP contribution in [0.15, 0.2) is 36.5 Å². The fraction of sp³-hybridized carbons (Fsp3) is 0.389. The fourth-order valence-electron chi connectivity index (χ4n) is 2.67. The molecule has 3 nitrogen and oxygen atoms in total. The Morgan fingerprint density at radius 3 is 2.52 bits per heavy atom. The Bertz CT molecular complexity index is 769. The number of aromatic nitrogens is 3. The van der Waals surface area contributed by atoms with Crippen LogP contribution < -0.4 is 0 Å². The molecule has 0 aliphatic carbocycles. The molecular formula is C18H23N3. The molecule has 0 fully saturated rings. The molecule has 0 aliphatic rings. The van der Waals surface area contributed by atoms with Crippen molar-refractivity contribution in [3.63, 3.8) is 0 Å². The molecule has 3 aromatic rings. The first-order valence-electron chi connectivity index (χ1n) is 7.54. The number of hydrogen-bond acceptors (Lipinski definition) is 1. The Kier molecular flexibility index (Phi) is 3.16. The first-order valence-corrected chi connectivity index (χ1v) is 7.54. The van der Waals surface area contributed by atoms with Gasteiger partial charge in [-0.2, -0.15) is 5.10 Å². The summed E-state index contributed by atoms with van der Waals surface area (Å²) in [5, 5.41) is 5.73. The first-order chi connectivity index (χ1) is 9.86. The Balaban J connectivity index is 2.12. The van der Waals surface area contributed by atoms with E-state index in [1.54, 1.807) is 0 Å². The third-order valence-electron chi connectivity index (χ3n) is 3.94. The molecule has 1 aromatic carbocycles. The van der Waals surface area contributed by atoms with Gasteiger partial charge in [-0.15, -0.1) is 0 Å². The lowest BCUT2D eigenvalue weighted by molar-refractivity contribution is 0.541. The monoisotopic (exact) mass is 281 g/mol. The number of aromatic amines is 1. The summed E-state index contributed by atoms with van der Waals surface area (Å²) in [4.78, 5) is 3.48. The maximum absolute atomic E-state index is 4.49. The highest BCUT2D eigenvalue weighted by molar-refractivity contribution is 5.83. The van der Waals surface area contributed by atoms with E-state index in [1.807, 2.05) is 10.9 Å². The summed E-state index contributed by atoms with van der Waals surface area (Å²) in [6, 6.07) is 10.9. The van der Waals surface area contributed by atoms with Crippen molar-refractivity contribution >= 4 is 10.9 Å². The molecule has 0 saturated heterocycles. The van der Waals surface area contributed by atoms with Crippen molar-refractivity contribution in [1.82, 2.24) is 14.8 Å². The minimum absolute atomic E-state index is 0.0664. The third kappa shape index (κ3) is 2.48. The Labute approximate surface area is 126 Å². The lowest BCUT2D eigenvalue weighted by Gasteiger charge is -2.19. The number of H-pyrrole nitrogens is 1. The van der Waals surface area contributed by atoms with Crippen molar-refractivity contribution in [2.75, 3.05) is 0 Å². The average molecular weight is 281 g/mol. The second-order valence-corrected chi connectivity index (χ2v) is 7.03. The molecule has 2 heterocycles. The van der Waals surface area contributed by atoms with Gasteiger partial charge in [-0.3, -0.25) is 0 Å². The third-order valence-corrected chi connectivity index (χ3v) is 3.94. The van der Waals surface area contributed by atoms with E-state index in [0.29, 0.717) is 5.92 Å².